The van der Waals surface area contributed by atoms with Gasteiger partial charge in [-0.05, 0) is 18.2 Å². The van der Waals surface area contributed by atoms with Crippen molar-refractivity contribution in [3.63, 3.8) is 0 Å². The molecule has 0 radical (unpaired) electrons. The lowest BCUT2D eigenvalue weighted by molar-refractivity contribution is 0.355. The molecule has 1 aliphatic heterocycles. The minimum atomic E-state index is 0.420. The maximum Gasteiger partial charge on any atom is 0.228 e. The largest absolute Gasteiger partial charge is 0.493 e. The van der Waals surface area contributed by atoms with Gasteiger partial charge in [0, 0.05) is 37.6 Å². The monoisotopic (exact) mass is 381 g/mol. The number of anilines is 2. The molecule has 2 aromatic heterocycles. The fourth-order valence-electron chi connectivity index (χ4n) is 3.38. The van der Waals surface area contributed by atoms with E-state index in [0.717, 1.165) is 48.5 Å². The van der Waals surface area contributed by atoms with Crippen LogP contribution in [0.1, 0.15) is 5.76 Å². The van der Waals surface area contributed by atoms with Crippen molar-refractivity contribution in [1.29, 1.82) is 0 Å². The molecule has 1 fully saturated rings. The Labute approximate surface area is 163 Å². The third-order valence-electron chi connectivity index (χ3n) is 4.97. The van der Waals surface area contributed by atoms with Crippen LogP contribution >= 0.6 is 0 Å². The van der Waals surface area contributed by atoms with Crippen molar-refractivity contribution in [2.45, 2.75) is 0 Å². The van der Waals surface area contributed by atoms with Crippen LogP contribution in [-0.2, 0) is 0 Å². The highest BCUT2D eigenvalue weighted by molar-refractivity contribution is 5.91. The Kier molecular flexibility index (Phi) is 4.68. The van der Waals surface area contributed by atoms with Crippen LogP contribution in [0.3, 0.4) is 0 Å². The van der Waals surface area contributed by atoms with Gasteiger partial charge in [-0.2, -0.15) is 4.98 Å². The number of nitrogen functional groups attached to an aromatic ring is 1. The maximum atomic E-state index is 6.21. The number of hydrogen-bond acceptors (Lipinski definition) is 8. The van der Waals surface area contributed by atoms with Crippen LogP contribution in [0.15, 0.2) is 41.5 Å². The van der Waals surface area contributed by atoms with E-state index in [2.05, 4.69) is 21.4 Å². The third kappa shape index (κ3) is 3.17. The molecule has 3 aromatic rings. The predicted molar refractivity (Wildman–Crippen MR) is 109 cm³/mol. The van der Waals surface area contributed by atoms with Crippen LogP contribution in [0.2, 0.25) is 0 Å². The molecule has 0 atom stereocenters. The van der Waals surface area contributed by atoms with E-state index in [4.69, 9.17) is 24.6 Å². The average Bonchev–Trinajstić information content (AvgIpc) is 3.27. The molecule has 8 nitrogen and oxygen atoms in total. The van der Waals surface area contributed by atoms with Gasteiger partial charge in [0.15, 0.2) is 11.5 Å². The number of nitrogens with two attached hydrogens (primary N) is 1. The molecule has 0 aliphatic carbocycles. The molecule has 146 valence electrons. The van der Waals surface area contributed by atoms with Gasteiger partial charge in [-0.15, -0.1) is 0 Å². The second-order valence-electron chi connectivity index (χ2n) is 6.53. The SMILES string of the molecule is C=C(c1ccco1)N1CCN(c2nc(N)c3cc(OC)c(OC)cc3n2)CC1. The van der Waals surface area contributed by atoms with E-state index < -0.39 is 0 Å². The summed E-state index contributed by atoms with van der Waals surface area (Å²) in [7, 11) is 3.19. The number of furan rings is 1. The van der Waals surface area contributed by atoms with Crippen LogP contribution < -0.4 is 20.1 Å². The number of fused-ring (bicyclic) bond motifs is 1. The molecule has 28 heavy (non-hydrogen) atoms. The van der Waals surface area contributed by atoms with Gasteiger partial charge in [0.2, 0.25) is 5.95 Å². The Bertz CT molecular complexity index is 995. The number of hydrogen-bond donors (Lipinski definition) is 1. The van der Waals surface area contributed by atoms with Crippen LogP contribution in [0, 0.1) is 0 Å². The Hall–Kier alpha value is -3.42. The zero-order valence-electron chi connectivity index (χ0n) is 16.0. The lowest BCUT2D eigenvalue weighted by Crippen LogP contribution is -2.46. The van der Waals surface area contributed by atoms with Crippen molar-refractivity contribution in [3.8, 4) is 11.5 Å². The number of piperazine rings is 1. The molecular weight excluding hydrogens is 358 g/mol. The van der Waals surface area contributed by atoms with Crippen LogP contribution in [-0.4, -0.2) is 55.3 Å². The standard InChI is InChI=1S/C20H23N5O3/c1-13(16-5-4-10-28-16)24-6-8-25(9-7-24)20-22-15-12-18(27-3)17(26-2)11-14(15)19(21)23-20/h4-5,10-12H,1,6-9H2,2-3H3,(H2,21,22,23). The zero-order valence-corrected chi connectivity index (χ0v) is 16.0. The quantitative estimate of drug-likeness (QED) is 0.721. The van der Waals surface area contributed by atoms with Crippen molar-refractivity contribution in [3.05, 3.63) is 42.9 Å². The van der Waals surface area contributed by atoms with Gasteiger partial charge in [-0.3, -0.25) is 0 Å². The summed E-state index contributed by atoms with van der Waals surface area (Å²) in [6, 6.07) is 7.42. The summed E-state index contributed by atoms with van der Waals surface area (Å²) in [5.41, 5.74) is 7.82. The second-order valence-corrected chi connectivity index (χ2v) is 6.53. The van der Waals surface area contributed by atoms with Gasteiger partial charge in [0.05, 0.1) is 31.7 Å². The molecule has 0 spiro atoms. The Morgan fingerprint density at radius 3 is 2.46 bits per heavy atom. The van der Waals surface area contributed by atoms with Gasteiger partial charge < -0.3 is 29.4 Å². The highest BCUT2D eigenvalue weighted by Gasteiger charge is 2.22. The molecule has 1 saturated heterocycles. The summed E-state index contributed by atoms with van der Waals surface area (Å²) >= 11 is 0. The summed E-state index contributed by atoms with van der Waals surface area (Å²) in [6.45, 7) is 7.27. The van der Waals surface area contributed by atoms with E-state index in [9.17, 15) is 0 Å². The Morgan fingerprint density at radius 2 is 1.82 bits per heavy atom. The summed E-state index contributed by atoms with van der Waals surface area (Å²) in [4.78, 5) is 13.5. The van der Waals surface area contributed by atoms with Gasteiger partial charge >= 0.3 is 0 Å². The molecule has 2 N–H and O–H groups in total. The summed E-state index contributed by atoms with van der Waals surface area (Å²) < 4.78 is 16.2. The first kappa shape index (κ1) is 18.0. The first-order valence-corrected chi connectivity index (χ1v) is 9.02. The molecule has 8 heteroatoms. The lowest BCUT2D eigenvalue weighted by Gasteiger charge is -2.36. The van der Waals surface area contributed by atoms with E-state index in [-0.39, 0.29) is 0 Å². The first-order chi connectivity index (χ1) is 13.6. The summed E-state index contributed by atoms with van der Waals surface area (Å²) in [5, 5.41) is 0.742. The highest BCUT2D eigenvalue weighted by atomic mass is 16.5. The molecule has 0 unspecified atom stereocenters. The van der Waals surface area contributed by atoms with Crippen molar-refractivity contribution < 1.29 is 13.9 Å². The van der Waals surface area contributed by atoms with Crippen LogP contribution in [0.25, 0.3) is 16.6 Å². The van der Waals surface area contributed by atoms with Gasteiger partial charge in [-0.1, -0.05) is 6.58 Å². The Balaban J connectivity index is 1.56. The van der Waals surface area contributed by atoms with E-state index in [1.165, 1.54) is 0 Å². The van der Waals surface area contributed by atoms with Crippen molar-refractivity contribution >= 4 is 28.4 Å². The number of aromatic nitrogens is 2. The minimum Gasteiger partial charge on any atom is -0.493 e. The van der Waals surface area contributed by atoms with Crippen molar-refractivity contribution in [1.82, 2.24) is 14.9 Å². The summed E-state index contributed by atoms with van der Waals surface area (Å²) in [6.07, 6.45) is 1.66. The molecule has 3 heterocycles. The molecule has 0 bridgehead atoms. The van der Waals surface area contributed by atoms with E-state index >= 15 is 0 Å². The molecule has 0 saturated carbocycles. The van der Waals surface area contributed by atoms with E-state index in [0.29, 0.717) is 23.3 Å². The Morgan fingerprint density at radius 1 is 1.11 bits per heavy atom. The molecular formula is C20H23N5O3. The zero-order chi connectivity index (χ0) is 19.7. The lowest BCUT2D eigenvalue weighted by atomic mass is 10.2. The minimum absolute atomic E-state index is 0.420. The highest BCUT2D eigenvalue weighted by Crippen LogP contribution is 2.34. The fraction of sp³-hybridized carbons (Fsp3) is 0.300. The average molecular weight is 381 g/mol. The number of ether oxygens (including phenoxy) is 2. The smallest absolute Gasteiger partial charge is 0.228 e. The molecule has 1 aliphatic rings. The van der Waals surface area contributed by atoms with Gasteiger partial charge in [-0.25, -0.2) is 4.98 Å². The molecule has 4 rings (SSSR count). The fourth-order valence-corrected chi connectivity index (χ4v) is 3.38. The predicted octanol–water partition coefficient (Wildman–Crippen LogP) is 2.62. The number of benzene rings is 1. The number of nitrogens with zero attached hydrogens (tertiary/aromatic N) is 4. The molecule has 1 aromatic carbocycles. The normalized spacial score (nSPS) is 14.4. The van der Waals surface area contributed by atoms with Crippen molar-refractivity contribution in [2.75, 3.05) is 51.0 Å². The van der Waals surface area contributed by atoms with Crippen LogP contribution in [0.5, 0.6) is 11.5 Å². The number of rotatable bonds is 5. The molecule has 0 amide bonds. The van der Waals surface area contributed by atoms with E-state index in [1.54, 1.807) is 26.5 Å². The first-order valence-electron chi connectivity index (χ1n) is 9.02. The second kappa shape index (κ2) is 7.30. The van der Waals surface area contributed by atoms with E-state index in [1.807, 2.05) is 18.2 Å². The van der Waals surface area contributed by atoms with Gasteiger partial charge in [0.25, 0.3) is 0 Å². The van der Waals surface area contributed by atoms with Gasteiger partial charge in [0.1, 0.15) is 11.6 Å². The van der Waals surface area contributed by atoms with Crippen LogP contribution in [0.4, 0.5) is 11.8 Å². The van der Waals surface area contributed by atoms with Crippen molar-refractivity contribution in [2.24, 2.45) is 0 Å². The summed E-state index contributed by atoms with van der Waals surface area (Å²) in [5.74, 6) is 3.03. The topological polar surface area (TPSA) is 89.9 Å². The number of methoxy groups -OCH3 is 2. The maximum absolute atomic E-state index is 6.21. The third-order valence-corrected chi connectivity index (χ3v) is 4.97.